The Kier molecular flexibility index (Phi) is 5.97. The first kappa shape index (κ1) is 20.7. The third kappa shape index (κ3) is 4.44. The number of sulfonamides is 1. The van der Waals surface area contributed by atoms with Crippen molar-refractivity contribution in [3.63, 3.8) is 0 Å². The number of hydrogen-bond donors (Lipinski definition) is 2. The minimum Gasteiger partial charge on any atom is -0.352 e. The molecule has 9 heteroatoms. The minimum atomic E-state index is -3.32. The summed E-state index contributed by atoms with van der Waals surface area (Å²) in [6, 6.07) is 12.6. The van der Waals surface area contributed by atoms with E-state index in [4.69, 9.17) is 11.6 Å². The van der Waals surface area contributed by atoms with Gasteiger partial charge < -0.3 is 10.3 Å². The van der Waals surface area contributed by atoms with Gasteiger partial charge in [-0.05, 0) is 49.6 Å². The van der Waals surface area contributed by atoms with E-state index in [2.05, 4.69) is 15.3 Å². The van der Waals surface area contributed by atoms with Crippen LogP contribution in [0, 0.1) is 0 Å². The normalized spacial score (nSPS) is 16.0. The molecule has 0 atom stereocenters. The highest BCUT2D eigenvalue weighted by Crippen LogP contribution is 2.28. The second kappa shape index (κ2) is 8.65. The van der Waals surface area contributed by atoms with E-state index in [1.54, 1.807) is 18.2 Å². The lowest BCUT2D eigenvalue weighted by molar-refractivity contribution is 0.0953. The number of fused-ring (bicyclic) bond motifs is 1. The number of imidazole rings is 1. The topological polar surface area (TPSA) is 95.2 Å². The van der Waals surface area contributed by atoms with Crippen LogP contribution in [-0.4, -0.2) is 43.1 Å². The summed E-state index contributed by atoms with van der Waals surface area (Å²) in [7, 11) is -3.32. The molecule has 0 saturated carbocycles. The van der Waals surface area contributed by atoms with Crippen LogP contribution in [0.4, 0.5) is 5.69 Å². The maximum Gasteiger partial charge on any atom is 0.252 e. The van der Waals surface area contributed by atoms with E-state index in [0.717, 1.165) is 29.7 Å². The summed E-state index contributed by atoms with van der Waals surface area (Å²) >= 11 is 6.29. The van der Waals surface area contributed by atoms with Gasteiger partial charge in [-0.3, -0.25) is 9.10 Å². The number of nitrogens with one attached hydrogen (secondary N) is 2. The largest absolute Gasteiger partial charge is 0.352 e. The molecule has 0 radical (unpaired) electrons. The highest BCUT2D eigenvalue weighted by atomic mass is 35.5. The van der Waals surface area contributed by atoms with Crippen molar-refractivity contribution in [1.82, 2.24) is 15.3 Å². The zero-order chi connectivity index (χ0) is 21.1. The zero-order valence-electron chi connectivity index (χ0n) is 16.4. The van der Waals surface area contributed by atoms with E-state index in [1.807, 2.05) is 24.3 Å². The van der Waals surface area contributed by atoms with E-state index in [1.165, 1.54) is 4.31 Å². The van der Waals surface area contributed by atoms with Crippen LogP contribution in [0.3, 0.4) is 0 Å². The van der Waals surface area contributed by atoms with E-state index < -0.39 is 10.0 Å². The number of benzene rings is 2. The van der Waals surface area contributed by atoms with Crippen LogP contribution in [0.2, 0.25) is 5.02 Å². The van der Waals surface area contributed by atoms with E-state index in [-0.39, 0.29) is 16.7 Å². The first-order valence-electron chi connectivity index (χ1n) is 9.96. The number of hydrogen-bond acceptors (Lipinski definition) is 4. The molecule has 2 aromatic carbocycles. The molecule has 158 valence electrons. The molecule has 1 fully saturated rings. The lowest BCUT2D eigenvalue weighted by Crippen LogP contribution is -2.37. The van der Waals surface area contributed by atoms with Gasteiger partial charge >= 0.3 is 0 Å². The number of amides is 1. The molecule has 1 aliphatic heterocycles. The van der Waals surface area contributed by atoms with Crippen LogP contribution in [0.15, 0.2) is 42.5 Å². The molecule has 0 spiro atoms. The summed E-state index contributed by atoms with van der Waals surface area (Å²) in [5.74, 6) is 0.742. The summed E-state index contributed by atoms with van der Waals surface area (Å²) < 4.78 is 25.9. The van der Waals surface area contributed by atoms with Crippen LogP contribution in [0.25, 0.3) is 11.0 Å². The Balaban J connectivity index is 1.34. The molecular formula is C21H23ClN4O3S. The monoisotopic (exact) mass is 446 g/mol. The number of carbonyl (C=O) groups is 1. The second-order valence-electron chi connectivity index (χ2n) is 7.32. The van der Waals surface area contributed by atoms with Gasteiger partial charge in [0, 0.05) is 19.5 Å². The number of carbonyl (C=O) groups excluding carboxylic acids is 1. The molecule has 7 nitrogen and oxygen atoms in total. The van der Waals surface area contributed by atoms with Gasteiger partial charge in [-0.25, -0.2) is 13.4 Å². The summed E-state index contributed by atoms with van der Waals surface area (Å²) in [6.07, 6.45) is 2.92. The number of aromatic nitrogens is 2. The van der Waals surface area contributed by atoms with Crippen LogP contribution in [-0.2, 0) is 16.4 Å². The van der Waals surface area contributed by atoms with Gasteiger partial charge in [0.2, 0.25) is 10.0 Å². The molecule has 0 bridgehead atoms. The lowest BCUT2D eigenvalue weighted by Gasteiger charge is -2.28. The maximum atomic E-state index is 12.5. The number of aromatic amines is 1. The molecule has 30 heavy (non-hydrogen) atoms. The first-order valence-corrected chi connectivity index (χ1v) is 11.9. The van der Waals surface area contributed by atoms with Crippen molar-refractivity contribution in [2.45, 2.75) is 25.7 Å². The van der Waals surface area contributed by atoms with E-state index >= 15 is 0 Å². The Morgan fingerprint density at radius 1 is 1.20 bits per heavy atom. The summed E-state index contributed by atoms with van der Waals surface area (Å²) in [5, 5.41) is 3.10. The highest BCUT2D eigenvalue weighted by molar-refractivity contribution is 7.92. The number of para-hydroxylation sites is 2. The molecule has 1 amide bonds. The summed E-state index contributed by atoms with van der Waals surface area (Å²) in [4.78, 5) is 20.3. The van der Waals surface area contributed by atoms with Gasteiger partial charge in [0.05, 0.1) is 33.1 Å². The van der Waals surface area contributed by atoms with Gasteiger partial charge in [-0.1, -0.05) is 23.7 Å². The quantitative estimate of drug-likeness (QED) is 0.566. The van der Waals surface area contributed by atoms with Crippen molar-refractivity contribution in [2.75, 3.05) is 23.1 Å². The third-order valence-corrected chi connectivity index (χ3v) is 7.33. The number of aryl methyl sites for hydroxylation is 1. The van der Waals surface area contributed by atoms with Gasteiger partial charge in [-0.15, -0.1) is 0 Å². The molecular weight excluding hydrogens is 424 g/mol. The van der Waals surface area contributed by atoms with E-state index in [0.29, 0.717) is 37.2 Å². The van der Waals surface area contributed by atoms with Crippen molar-refractivity contribution < 1.29 is 13.2 Å². The summed E-state index contributed by atoms with van der Waals surface area (Å²) in [5.41, 5.74) is 2.76. The molecule has 2 N–H and O–H groups in total. The second-order valence-corrected chi connectivity index (χ2v) is 9.74. The van der Waals surface area contributed by atoms with E-state index in [9.17, 15) is 13.2 Å². The maximum absolute atomic E-state index is 12.5. The number of anilines is 1. The van der Waals surface area contributed by atoms with Crippen LogP contribution in [0.1, 0.15) is 35.4 Å². The standard InChI is InChI=1S/C21H23ClN4O3S/c22-17-14-15(26-12-3-4-13-30(26,28)29)9-10-16(17)21(27)23-11-5-8-20-24-18-6-1-2-7-19(18)25-20/h1-2,6-7,9-10,14H,3-5,8,11-13H2,(H,23,27)(H,24,25). The van der Waals surface area contributed by atoms with Crippen molar-refractivity contribution in [2.24, 2.45) is 0 Å². The van der Waals surface area contributed by atoms with Crippen molar-refractivity contribution in [1.29, 1.82) is 0 Å². The molecule has 1 aromatic heterocycles. The fourth-order valence-corrected chi connectivity index (χ4v) is 5.49. The number of H-pyrrole nitrogens is 1. The molecule has 1 aliphatic rings. The van der Waals surface area contributed by atoms with Crippen LogP contribution >= 0.6 is 11.6 Å². The Morgan fingerprint density at radius 3 is 2.80 bits per heavy atom. The minimum absolute atomic E-state index is 0.137. The molecule has 2 heterocycles. The average molecular weight is 447 g/mol. The van der Waals surface area contributed by atoms with Gasteiger partial charge in [0.25, 0.3) is 5.91 Å². The van der Waals surface area contributed by atoms with Crippen LogP contribution < -0.4 is 9.62 Å². The molecule has 4 rings (SSSR count). The SMILES string of the molecule is O=C(NCCCc1nc2ccccc2[nH]1)c1ccc(N2CCCCS2(=O)=O)cc1Cl. The van der Waals surface area contributed by atoms with Crippen molar-refractivity contribution >= 4 is 44.3 Å². The Morgan fingerprint density at radius 2 is 2.03 bits per heavy atom. The third-order valence-electron chi connectivity index (χ3n) is 5.15. The lowest BCUT2D eigenvalue weighted by atomic mass is 10.1. The van der Waals surface area contributed by atoms with Gasteiger partial charge in [0.15, 0.2) is 0 Å². The highest BCUT2D eigenvalue weighted by Gasteiger charge is 2.26. The number of rotatable bonds is 6. The predicted octanol–water partition coefficient (Wildman–Crippen LogP) is 3.51. The molecule has 0 unspecified atom stereocenters. The Labute approximate surface area is 180 Å². The molecule has 0 aliphatic carbocycles. The van der Waals surface area contributed by atoms with Gasteiger partial charge in [0.1, 0.15) is 5.82 Å². The Bertz CT molecular complexity index is 1140. The van der Waals surface area contributed by atoms with Crippen LogP contribution in [0.5, 0.6) is 0 Å². The first-order chi connectivity index (χ1) is 14.4. The molecule has 3 aromatic rings. The molecule has 1 saturated heterocycles. The fraction of sp³-hybridized carbons (Fsp3) is 0.333. The fourth-order valence-electron chi connectivity index (χ4n) is 3.60. The van der Waals surface area contributed by atoms with Crippen molar-refractivity contribution in [3.05, 3.63) is 58.9 Å². The Hall–Kier alpha value is -2.58. The number of nitrogens with zero attached hydrogens (tertiary/aromatic N) is 2. The zero-order valence-corrected chi connectivity index (χ0v) is 18.0. The number of halogens is 1. The van der Waals surface area contributed by atoms with Gasteiger partial charge in [-0.2, -0.15) is 0 Å². The average Bonchev–Trinajstić information content (AvgIpc) is 3.13. The smallest absolute Gasteiger partial charge is 0.252 e. The van der Waals surface area contributed by atoms with Crippen molar-refractivity contribution in [3.8, 4) is 0 Å². The summed E-state index contributed by atoms with van der Waals surface area (Å²) in [6.45, 7) is 0.917. The predicted molar refractivity (Wildman–Crippen MR) is 119 cm³/mol.